The van der Waals surface area contributed by atoms with Crippen LogP contribution in [0.1, 0.15) is 0 Å². The van der Waals surface area contributed by atoms with Crippen molar-refractivity contribution in [3.8, 4) is 50.6 Å². The number of hydrogen-bond donors (Lipinski definition) is 0. The van der Waals surface area contributed by atoms with Gasteiger partial charge in [0.15, 0.2) is 8.07 Å². The molecule has 1 aromatic heterocycles. The summed E-state index contributed by atoms with van der Waals surface area (Å²) in [6.07, 6.45) is 0. The Morgan fingerprint density at radius 1 is 0.352 bits per heavy atom. The third-order valence-corrected chi connectivity index (χ3v) is 19.8. The van der Waals surface area contributed by atoms with Gasteiger partial charge in [-0.3, -0.25) is 0 Å². The van der Waals surface area contributed by atoms with Crippen LogP contribution < -0.4 is 41.2 Å². The van der Waals surface area contributed by atoms with E-state index in [9.17, 15) is 0 Å². The summed E-state index contributed by atoms with van der Waals surface area (Å²) < 4.78 is 9.91. The highest BCUT2D eigenvalue weighted by atomic mass is 28.3. The van der Waals surface area contributed by atoms with E-state index in [0.29, 0.717) is 0 Å². The highest BCUT2D eigenvalue weighted by Gasteiger charge is 2.46. The Morgan fingerprint density at radius 2 is 0.845 bits per heavy atom. The van der Waals surface area contributed by atoms with E-state index in [2.05, 4.69) is 282 Å². The summed E-state index contributed by atoms with van der Waals surface area (Å²) in [5.41, 5.74) is 15.0. The lowest BCUT2D eigenvalue weighted by molar-refractivity contribution is 0.487. The van der Waals surface area contributed by atoms with Crippen LogP contribution in [-0.4, -0.2) is 19.5 Å². The molecule has 11 aromatic carbocycles. The number of ether oxygens (including phenoxy) is 1. The molecular formula is C66H45BN2OSi. The predicted molar refractivity (Wildman–Crippen MR) is 301 cm³/mol. The normalized spacial score (nSPS) is 12.6. The van der Waals surface area contributed by atoms with Crippen LogP contribution in [0, 0.1) is 0 Å². The van der Waals surface area contributed by atoms with Gasteiger partial charge in [0, 0.05) is 38.7 Å². The molecule has 0 radical (unpaired) electrons. The smallest absolute Gasteiger partial charge is 0.336 e. The first-order valence-corrected chi connectivity index (χ1v) is 26.5. The van der Waals surface area contributed by atoms with Crippen molar-refractivity contribution in [2.45, 2.75) is 0 Å². The number of benzene rings is 11. The van der Waals surface area contributed by atoms with E-state index in [1.165, 1.54) is 70.4 Å². The second-order valence-corrected chi connectivity index (χ2v) is 22.5. The van der Waals surface area contributed by atoms with E-state index in [1.54, 1.807) is 0 Å². The minimum atomic E-state index is -2.89. The van der Waals surface area contributed by atoms with Crippen LogP contribution in [0.25, 0.3) is 60.9 Å². The molecule has 0 aliphatic carbocycles. The summed E-state index contributed by atoms with van der Waals surface area (Å²) in [6, 6.07) is 101. The quantitative estimate of drug-likeness (QED) is 0.112. The van der Waals surface area contributed by atoms with E-state index in [-0.39, 0.29) is 6.85 Å². The Kier molecular flexibility index (Phi) is 9.65. The van der Waals surface area contributed by atoms with Crippen molar-refractivity contribution in [2.75, 3.05) is 4.81 Å². The van der Waals surface area contributed by atoms with Crippen LogP contribution in [0.5, 0.6) is 11.5 Å². The minimum absolute atomic E-state index is 0.154. The molecule has 0 saturated heterocycles. The van der Waals surface area contributed by atoms with Crippen LogP contribution in [0.2, 0.25) is 0 Å². The molecule has 0 fully saturated rings. The zero-order chi connectivity index (χ0) is 46.9. The molecule has 0 atom stereocenters. The van der Waals surface area contributed by atoms with Gasteiger partial charge in [-0.2, -0.15) is 0 Å². The van der Waals surface area contributed by atoms with Gasteiger partial charge in [0.25, 0.3) is 0 Å². The van der Waals surface area contributed by atoms with Crippen molar-refractivity contribution >= 4 is 79.8 Å². The highest BCUT2D eigenvalue weighted by molar-refractivity contribution is 7.20. The van der Waals surface area contributed by atoms with Crippen LogP contribution in [0.15, 0.2) is 273 Å². The zero-order valence-corrected chi connectivity index (χ0v) is 39.9. The molecule has 2 aliphatic heterocycles. The second-order valence-electron chi connectivity index (χ2n) is 18.7. The number of fused-ring (bicyclic) bond motifs is 7. The van der Waals surface area contributed by atoms with Gasteiger partial charge in [-0.25, -0.2) is 0 Å². The van der Waals surface area contributed by atoms with Crippen molar-refractivity contribution in [3.63, 3.8) is 0 Å². The number of nitrogens with zero attached hydrogens (tertiary/aromatic N) is 2. The molecule has 0 spiro atoms. The molecule has 0 unspecified atom stereocenters. The van der Waals surface area contributed by atoms with Gasteiger partial charge < -0.3 is 14.1 Å². The van der Waals surface area contributed by atoms with Crippen LogP contribution in [0.3, 0.4) is 0 Å². The first-order chi connectivity index (χ1) is 35.3. The predicted octanol–water partition coefficient (Wildman–Crippen LogP) is 12.5. The van der Waals surface area contributed by atoms with Crippen molar-refractivity contribution in [3.05, 3.63) is 273 Å². The van der Waals surface area contributed by atoms with Crippen molar-refractivity contribution in [2.24, 2.45) is 0 Å². The molecular weight excluding hydrogens is 876 g/mol. The molecule has 3 nitrogen and oxygen atoms in total. The van der Waals surface area contributed by atoms with Gasteiger partial charge in [0.1, 0.15) is 11.5 Å². The fourth-order valence-corrected chi connectivity index (χ4v) is 17.0. The second kappa shape index (κ2) is 16.7. The SMILES string of the molecule is c1ccc(N2B3c4ccc(-c5ccccc5[Si](c5ccccc5)(c5ccccc5)c5ccccc5)cc4Oc4cc(-c5ccccc5-n5c6ccccc6c6ccccc65)cc(c43)-c3ccccc32)cc1. The first-order valence-electron chi connectivity index (χ1n) is 24.5. The number of rotatable bonds is 8. The summed E-state index contributed by atoms with van der Waals surface area (Å²) in [5.74, 6) is 1.73. The van der Waals surface area contributed by atoms with Gasteiger partial charge in [-0.05, 0) is 103 Å². The molecule has 0 amide bonds. The van der Waals surface area contributed by atoms with Gasteiger partial charge in [0.05, 0.1) is 16.7 Å². The zero-order valence-electron chi connectivity index (χ0n) is 38.9. The topological polar surface area (TPSA) is 17.4 Å². The van der Waals surface area contributed by atoms with Crippen LogP contribution in [-0.2, 0) is 0 Å². The average Bonchev–Trinajstić information content (AvgIpc) is 3.78. The van der Waals surface area contributed by atoms with Crippen LogP contribution >= 0.6 is 0 Å². The number of aromatic nitrogens is 1. The summed E-state index contributed by atoms with van der Waals surface area (Å²) in [7, 11) is -2.89. The first kappa shape index (κ1) is 41.1. The van der Waals surface area contributed by atoms with E-state index in [4.69, 9.17) is 4.74 Å². The molecule has 71 heavy (non-hydrogen) atoms. The standard InChI is InChI=1S/C66H45BN2OSi/c1-5-23-48(24-6-1)69-62-39-21-16-35-56(62)57-43-47(52-31-13-18-36-59(52)68-60-37-19-14-33-54(60)55-34-15-20-38-61(55)68)45-64-66(57)67(69)58-42-41-46(44-63(58)70-64)53-32-17-22-40-65(53)71(49-25-7-2-8-26-49,50-27-9-3-10-28-50)51-29-11-4-12-30-51/h1-45H. The fourth-order valence-electron chi connectivity index (χ4n) is 12.0. The monoisotopic (exact) mass is 920 g/mol. The molecule has 332 valence electrons. The van der Waals surface area contributed by atoms with E-state index in [0.717, 1.165) is 45.0 Å². The Labute approximate surface area is 415 Å². The molecule has 3 heterocycles. The maximum absolute atomic E-state index is 7.48. The minimum Gasteiger partial charge on any atom is -0.458 e. The number of hydrogen-bond acceptors (Lipinski definition) is 2. The molecule has 0 bridgehead atoms. The van der Waals surface area contributed by atoms with Gasteiger partial charge in [-0.1, -0.05) is 218 Å². The van der Waals surface area contributed by atoms with E-state index < -0.39 is 8.07 Å². The summed E-state index contributed by atoms with van der Waals surface area (Å²) in [6.45, 7) is -0.154. The van der Waals surface area contributed by atoms with E-state index in [1.807, 2.05) is 0 Å². The molecule has 0 N–H and O–H groups in total. The highest BCUT2D eigenvalue weighted by Crippen LogP contribution is 2.47. The van der Waals surface area contributed by atoms with Crippen molar-refractivity contribution in [1.82, 2.24) is 4.57 Å². The Balaban J connectivity index is 1.00. The fraction of sp³-hybridized carbons (Fsp3) is 0. The maximum atomic E-state index is 7.48. The number of para-hydroxylation sites is 5. The summed E-state index contributed by atoms with van der Waals surface area (Å²) in [4.78, 5) is 2.53. The van der Waals surface area contributed by atoms with Gasteiger partial charge >= 0.3 is 6.85 Å². The number of anilines is 2. The Morgan fingerprint density at radius 3 is 1.48 bits per heavy atom. The molecule has 2 aliphatic rings. The summed E-state index contributed by atoms with van der Waals surface area (Å²) in [5, 5.41) is 7.84. The molecule has 14 rings (SSSR count). The van der Waals surface area contributed by atoms with Crippen molar-refractivity contribution in [1.29, 1.82) is 0 Å². The lowest BCUT2D eigenvalue weighted by atomic mass is 9.44. The van der Waals surface area contributed by atoms with Crippen LogP contribution in [0.4, 0.5) is 11.4 Å². The molecule has 0 saturated carbocycles. The average molecular weight is 921 g/mol. The third kappa shape index (κ3) is 6.37. The summed E-state index contributed by atoms with van der Waals surface area (Å²) >= 11 is 0. The molecule has 12 aromatic rings. The van der Waals surface area contributed by atoms with Gasteiger partial charge in [0.2, 0.25) is 0 Å². The lowest BCUT2D eigenvalue weighted by Gasteiger charge is -2.42. The van der Waals surface area contributed by atoms with Crippen molar-refractivity contribution < 1.29 is 4.74 Å². The van der Waals surface area contributed by atoms with Gasteiger partial charge in [-0.15, -0.1) is 0 Å². The molecule has 5 heteroatoms. The maximum Gasteiger partial charge on any atom is 0.336 e. The third-order valence-electron chi connectivity index (χ3n) is 15.0. The Hall–Kier alpha value is -8.90. The lowest BCUT2D eigenvalue weighted by Crippen LogP contribution is -2.75. The van der Waals surface area contributed by atoms with E-state index >= 15 is 0 Å². The largest absolute Gasteiger partial charge is 0.458 e. The Bertz CT molecular complexity index is 3840.